The van der Waals surface area contributed by atoms with Crippen LogP contribution in [0.15, 0.2) is 50.7 Å². The van der Waals surface area contributed by atoms with Gasteiger partial charge in [0.1, 0.15) is 0 Å². The zero-order valence-corrected chi connectivity index (χ0v) is 13.9. The molecule has 0 aromatic heterocycles. The van der Waals surface area contributed by atoms with E-state index >= 15 is 0 Å². The molecule has 2 aromatic rings. The third-order valence-corrected chi connectivity index (χ3v) is 4.54. The third-order valence-electron chi connectivity index (χ3n) is 3.12. The van der Waals surface area contributed by atoms with Crippen LogP contribution in [0.25, 0.3) is 0 Å². The molecule has 2 N–H and O–H groups in total. The second-order valence-electron chi connectivity index (χ2n) is 4.76. The first-order chi connectivity index (χ1) is 10.2. The molecule has 3 rings (SSSR count). The minimum Gasteiger partial charge on any atom is -0.490 e. The first-order valence-corrected chi connectivity index (χ1v) is 8.42. The van der Waals surface area contributed by atoms with Gasteiger partial charge in [0, 0.05) is 27.2 Å². The Morgan fingerprint density at radius 1 is 1.00 bits per heavy atom. The highest BCUT2D eigenvalue weighted by atomic mass is 79.9. The van der Waals surface area contributed by atoms with Crippen molar-refractivity contribution in [2.45, 2.75) is 22.8 Å². The normalized spacial score (nSPS) is 13.8. The molecule has 0 radical (unpaired) electrons. The van der Waals surface area contributed by atoms with E-state index in [1.807, 2.05) is 18.2 Å². The Morgan fingerprint density at radius 3 is 2.62 bits per heavy atom. The fourth-order valence-electron chi connectivity index (χ4n) is 2.14. The van der Waals surface area contributed by atoms with Crippen LogP contribution in [-0.2, 0) is 6.54 Å². The highest BCUT2D eigenvalue weighted by Crippen LogP contribution is 2.37. The number of halogens is 1. The van der Waals surface area contributed by atoms with Crippen molar-refractivity contribution in [3.05, 3.63) is 46.4 Å². The Balaban J connectivity index is 1.85. The third kappa shape index (κ3) is 3.73. The number of nitrogens with two attached hydrogens (primary N) is 1. The molecule has 1 aliphatic rings. The minimum absolute atomic E-state index is 0.536. The SMILES string of the molecule is NCc1cc(Br)cc(Sc2ccc3c(c2)OCCCO3)c1. The molecule has 3 nitrogen and oxygen atoms in total. The van der Waals surface area contributed by atoms with Crippen molar-refractivity contribution in [3.8, 4) is 11.5 Å². The molecule has 0 saturated heterocycles. The van der Waals surface area contributed by atoms with Gasteiger partial charge < -0.3 is 15.2 Å². The molecule has 5 heteroatoms. The molecule has 0 unspecified atom stereocenters. The van der Waals surface area contributed by atoms with Crippen molar-refractivity contribution in [3.63, 3.8) is 0 Å². The number of hydrogen-bond donors (Lipinski definition) is 1. The highest BCUT2D eigenvalue weighted by Gasteiger charge is 2.11. The van der Waals surface area contributed by atoms with Gasteiger partial charge in [0.15, 0.2) is 11.5 Å². The van der Waals surface area contributed by atoms with Crippen molar-refractivity contribution in [1.29, 1.82) is 0 Å². The van der Waals surface area contributed by atoms with E-state index in [2.05, 4.69) is 34.1 Å². The van der Waals surface area contributed by atoms with E-state index in [0.717, 1.165) is 37.7 Å². The second kappa shape index (κ2) is 6.73. The van der Waals surface area contributed by atoms with Gasteiger partial charge in [-0.2, -0.15) is 0 Å². The molecular formula is C16H16BrNO2S. The summed E-state index contributed by atoms with van der Waals surface area (Å²) in [6, 6.07) is 12.3. The zero-order valence-electron chi connectivity index (χ0n) is 11.5. The van der Waals surface area contributed by atoms with Crippen LogP contribution in [0.1, 0.15) is 12.0 Å². The second-order valence-corrected chi connectivity index (χ2v) is 6.82. The number of rotatable bonds is 3. The van der Waals surface area contributed by atoms with Gasteiger partial charge in [-0.3, -0.25) is 0 Å². The Hall–Kier alpha value is -1.17. The predicted octanol–water partition coefficient (Wildman–Crippen LogP) is 4.22. The van der Waals surface area contributed by atoms with Crippen LogP contribution in [0.5, 0.6) is 11.5 Å². The fraction of sp³-hybridized carbons (Fsp3) is 0.250. The van der Waals surface area contributed by atoms with Gasteiger partial charge in [-0.05, 0) is 42.0 Å². The van der Waals surface area contributed by atoms with Gasteiger partial charge in [0.05, 0.1) is 13.2 Å². The predicted molar refractivity (Wildman–Crippen MR) is 88.2 cm³/mol. The maximum Gasteiger partial charge on any atom is 0.162 e. The van der Waals surface area contributed by atoms with Gasteiger partial charge in [-0.25, -0.2) is 0 Å². The van der Waals surface area contributed by atoms with Gasteiger partial charge in [0.25, 0.3) is 0 Å². The average molecular weight is 366 g/mol. The average Bonchev–Trinajstić information content (AvgIpc) is 2.71. The van der Waals surface area contributed by atoms with Crippen LogP contribution in [0.3, 0.4) is 0 Å². The topological polar surface area (TPSA) is 44.5 Å². The lowest BCUT2D eigenvalue weighted by molar-refractivity contribution is 0.297. The van der Waals surface area contributed by atoms with E-state index in [-0.39, 0.29) is 0 Å². The lowest BCUT2D eigenvalue weighted by Gasteiger charge is -2.10. The van der Waals surface area contributed by atoms with E-state index in [1.165, 1.54) is 0 Å². The minimum atomic E-state index is 0.536. The molecule has 1 heterocycles. The Kier molecular flexibility index (Phi) is 4.73. The molecular weight excluding hydrogens is 350 g/mol. The largest absolute Gasteiger partial charge is 0.490 e. The summed E-state index contributed by atoms with van der Waals surface area (Å²) >= 11 is 5.21. The Labute approximate surface area is 137 Å². The van der Waals surface area contributed by atoms with Crippen molar-refractivity contribution in [1.82, 2.24) is 0 Å². The smallest absolute Gasteiger partial charge is 0.162 e. The Morgan fingerprint density at radius 2 is 1.81 bits per heavy atom. The molecule has 2 aromatic carbocycles. The van der Waals surface area contributed by atoms with Crippen LogP contribution in [-0.4, -0.2) is 13.2 Å². The molecule has 110 valence electrons. The van der Waals surface area contributed by atoms with Gasteiger partial charge in [0.2, 0.25) is 0 Å². The van der Waals surface area contributed by atoms with Crippen LogP contribution in [0.2, 0.25) is 0 Å². The number of benzene rings is 2. The molecule has 0 atom stereocenters. The molecule has 0 bridgehead atoms. The van der Waals surface area contributed by atoms with Crippen molar-refractivity contribution in [2.75, 3.05) is 13.2 Å². The molecule has 21 heavy (non-hydrogen) atoms. The number of hydrogen-bond acceptors (Lipinski definition) is 4. The van der Waals surface area contributed by atoms with E-state index in [9.17, 15) is 0 Å². The van der Waals surface area contributed by atoms with Crippen molar-refractivity contribution in [2.24, 2.45) is 5.73 Å². The van der Waals surface area contributed by atoms with E-state index in [0.29, 0.717) is 19.8 Å². The maximum atomic E-state index is 5.73. The summed E-state index contributed by atoms with van der Waals surface area (Å²) in [5.41, 5.74) is 6.84. The number of fused-ring (bicyclic) bond motifs is 1. The molecule has 1 aliphatic heterocycles. The van der Waals surface area contributed by atoms with Gasteiger partial charge in [-0.1, -0.05) is 27.7 Å². The first-order valence-electron chi connectivity index (χ1n) is 6.81. The lowest BCUT2D eigenvalue weighted by atomic mass is 10.2. The highest BCUT2D eigenvalue weighted by molar-refractivity contribution is 9.10. The summed E-state index contributed by atoms with van der Waals surface area (Å²) in [7, 11) is 0. The summed E-state index contributed by atoms with van der Waals surface area (Å²) in [5.74, 6) is 1.65. The standard InChI is InChI=1S/C16H16BrNO2S/c17-12-6-11(10-18)7-14(8-12)21-13-2-3-15-16(9-13)20-5-1-4-19-15/h2-3,6-9H,1,4-5,10,18H2. The molecule has 0 fully saturated rings. The van der Waals surface area contributed by atoms with Gasteiger partial charge >= 0.3 is 0 Å². The quantitative estimate of drug-likeness (QED) is 0.884. The van der Waals surface area contributed by atoms with Crippen LogP contribution in [0.4, 0.5) is 0 Å². The van der Waals surface area contributed by atoms with Gasteiger partial charge in [-0.15, -0.1) is 0 Å². The lowest BCUT2D eigenvalue weighted by Crippen LogP contribution is -1.97. The zero-order chi connectivity index (χ0) is 14.7. The van der Waals surface area contributed by atoms with Crippen LogP contribution < -0.4 is 15.2 Å². The van der Waals surface area contributed by atoms with E-state index in [4.69, 9.17) is 15.2 Å². The fourth-order valence-corrected chi connectivity index (χ4v) is 3.80. The molecule has 0 spiro atoms. The molecule has 0 saturated carbocycles. The van der Waals surface area contributed by atoms with Crippen molar-refractivity contribution < 1.29 is 9.47 Å². The summed E-state index contributed by atoms with van der Waals surface area (Å²) in [4.78, 5) is 2.28. The van der Waals surface area contributed by atoms with E-state index < -0.39 is 0 Å². The monoisotopic (exact) mass is 365 g/mol. The Bertz CT molecular complexity index is 648. The van der Waals surface area contributed by atoms with Crippen molar-refractivity contribution >= 4 is 27.7 Å². The van der Waals surface area contributed by atoms with Crippen LogP contribution in [0, 0.1) is 0 Å². The summed E-state index contributed by atoms with van der Waals surface area (Å²) in [6.07, 6.45) is 0.919. The molecule has 0 aliphatic carbocycles. The summed E-state index contributed by atoms with van der Waals surface area (Å²) < 4.78 is 12.4. The first kappa shape index (κ1) is 14.8. The summed E-state index contributed by atoms with van der Waals surface area (Å²) in [5, 5.41) is 0. The maximum absolute atomic E-state index is 5.73. The molecule has 0 amide bonds. The number of ether oxygens (including phenoxy) is 2. The van der Waals surface area contributed by atoms with E-state index in [1.54, 1.807) is 11.8 Å². The summed E-state index contributed by atoms with van der Waals surface area (Å²) in [6.45, 7) is 1.95. The van der Waals surface area contributed by atoms with Crippen LogP contribution >= 0.6 is 27.7 Å².